The molecule has 0 atom stereocenters. The van der Waals surface area contributed by atoms with Gasteiger partial charge in [-0.15, -0.1) is 0 Å². The Bertz CT molecular complexity index is 401. The first-order valence-corrected chi connectivity index (χ1v) is 6.27. The highest BCUT2D eigenvalue weighted by Gasteiger charge is 2.15. The van der Waals surface area contributed by atoms with Gasteiger partial charge in [0.15, 0.2) is 0 Å². The lowest BCUT2D eigenvalue weighted by atomic mass is 9.99. The molecule has 1 aromatic rings. The maximum atomic E-state index is 11.7. The van der Waals surface area contributed by atoms with Gasteiger partial charge in [0.1, 0.15) is 12.4 Å². The Balaban J connectivity index is 2.49. The van der Waals surface area contributed by atoms with Crippen molar-refractivity contribution in [1.82, 2.24) is 0 Å². The lowest BCUT2D eigenvalue weighted by Crippen LogP contribution is -2.12. The average Bonchev–Trinajstić information content (AvgIpc) is 2.27. The van der Waals surface area contributed by atoms with Gasteiger partial charge in [0.05, 0.1) is 11.7 Å². The van der Waals surface area contributed by atoms with Crippen molar-refractivity contribution in [2.75, 3.05) is 0 Å². The van der Waals surface area contributed by atoms with Gasteiger partial charge in [-0.3, -0.25) is 4.89 Å². The normalized spacial score (nSPS) is 11.5. The smallest absolute Gasteiger partial charge is 0.373 e. The van der Waals surface area contributed by atoms with E-state index in [2.05, 4.69) is 4.89 Å². The molecule has 1 aromatic carbocycles. The highest BCUT2D eigenvalue weighted by atomic mass is 17.2. The molecule has 0 bridgehead atoms. The number of carbonyl (C=O) groups excluding carboxylic acids is 1. The zero-order valence-electron chi connectivity index (χ0n) is 12.1. The van der Waals surface area contributed by atoms with Crippen molar-refractivity contribution in [3.05, 3.63) is 36.4 Å². The van der Waals surface area contributed by atoms with Crippen LogP contribution in [0.3, 0.4) is 0 Å². The molecule has 1 rings (SSSR count). The summed E-state index contributed by atoms with van der Waals surface area (Å²) in [5.41, 5.74) is 0.244. The predicted octanol–water partition coefficient (Wildman–Crippen LogP) is 3.77. The Morgan fingerprint density at radius 2 is 1.74 bits per heavy atom. The largest absolute Gasteiger partial charge is 0.491 e. The molecular weight excluding hydrogens is 244 g/mol. The summed E-state index contributed by atoms with van der Waals surface area (Å²) in [6, 6.07) is 6.73. The molecule has 0 aliphatic rings. The van der Waals surface area contributed by atoms with Crippen molar-refractivity contribution in [2.24, 2.45) is 5.41 Å². The highest BCUT2D eigenvalue weighted by molar-refractivity contribution is 5.89. The summed E-state index contributed by atoms with van der Waals surface area (Å²) in [5.74, 6) is 0.185. The van der Waals surface area contributed by atoms with Gasteiger partial charge in [-0.05, 0) is 43.5 Å². The fourth-order valence-electron chi connectivity index (χ4n) is 1.20. The average molecular weight is 265 g/mol. The van der Waals surface area contributed by atoms with Crippen molar-refractivity contribution in [2.45, 2.75) is 40.7 Å². The van der Waals surface area contributed by atoms with Crippen molar-refractivity contribution >= 4 is 5.97 Å². The maximum Gasteiger partial charge on any atom is 0.373 e. The SMILES string of the molecule is CC(C)Oc1ccc(C(=O)OO[CH]C(C)(C)C)cc1. The second-order valence-electron chi connectivity index (χ2n) is 5.64. The molecule has 0 heterocycles. The van der Waals surface area contributed by atoms with Crippen molar-refractivity contribution in [1.29, 1.82) is 0 Å². The zero-order chi connectivity index (χ0) is 14.5. The van der Waals surface area contributed by atoms with Crippen LogP contribution in [0.4, 0.5) is 0 Å². The fourth-order valence-corrected chi connectivity index (χ4v) is 1.20. The van der Waals surface area contributed by atoms with Gasteiger partial charge in [-0.25, -0.2) is 4.79 Å². The Hall–Kier alpha value is -1.55. The minimum Gasteiger partial charge on any atom is -0.491 e. The number of benzene rings is 1. The number of rotatable bonds is 5. The highest BCUT2D eigenvalue weighted by Crippen LogP contribution is 2.19. The summed E-state index contributed by atoms with van der Waals surface area (Å²) in [6.07, 6.45) is 0.0996. The molecule has 0 aromatic heterocycles. The van der Waals surface area contributed by atoms with Crippen LogP contribution in [-0.2, 0) is 9.78 Å². The standard InChI is InChI=1S/C15H21O4/c1-11(2)18-13-8-6-12(7-9-13)14(16)19-17-10-15(3,4)5/h6-11H,1-5H3. The number of hydrogen-bond donors (Lipinski definition) is 0. The molecule has 0 unspecified atom stereocenters. The molecular formula is C15H21O4. The monoisotopic (exact) mass is 265 g/mol. The van der Waals surface area contributed by atoms with Crippen LogP contribution in [0.5, 0.6) is 5.75 Å². The predicted molar refractivity (Wildman–Crippen MR) is 72.5 cm³/mol. The maximum absolute atomic E-state index is 11.7. The molecule has 105 valence electrons. The molecule has 0 saturated carbocycles. The van der Waals surface area contributed by atoms with Crippen molar-refractivity contribution < 1.29 is 19.3 Å². The van der Waals surface area contributed by atoms with Gasteiger partial charge in [0, 0.05) is 0 Å². The fraction of sp³-hybridized carbons (Fsp3) is 0.467. The van der Waals surface area contributed by atoms with Gasteiger partial charge < -0.3 is 4.74 Å². The summed E-state index contributed by atoms with van der Waals surface area (Å²) in [4.78, 5) is 21.1. The van der Waals surface area contributed by atoms with Crippen LogP contribution in [0.2, 0.25) is 0 Å². The quantitative estimate of drug-likeness (QED) is 0.600. The van der Waals surface area contributed by atoms with E-state index in [9.17, 15) is 4.79 Å². The topological polar surface area (TPSA) is 44.8 Å². The lowest BCUT2D eigenvalue weighted by molar-refractivity contribution is -0.224. The molecule has 4 nitrogen and oxygen atoms in total. The van der Waals surface area contributed by atoms with Crippen LogP contribution in [-0.4, -0.2) is 12.1 Å². The van der Waals surface area contributed by atoms with Crippen molar-refractivity contribution in [3.8, 4) is 5.75 Å². The molecule has 1 radical (unpaired) electrons. The molecule has 0 spiro atoms. The van der Waals surface area contributed by atoms with E-state index >= 15 is 0 Å². The first-order valence-electron chi connectivity index (χ1n) is 6.27. The van der Waals surface area contributed by atoms with E-state index in [1.165, 1.54) is 6.61 Å². The van der Waals surface area contributed by atoms with Crippen molar-refractivity contribution in [3.63, 3.8) is 0 Å². The third-order valence-electron chi connectivity index (χ3n) is 1.99. The van der Waals surface area contributed by atoms with Gasteiger partial charge in [0.2, 0.25) is 0 Å². The Labute approximate surface area is 114 Å². The van der Waals surface area contributed by atoms with E-state index in [0.29, 0.717) is 11.3 Å². The summed E-state index contributed by atoms with van der Waals surface area (Å²) >= 11 is 0. The first-order chi connectivity index (χ1) is 8.78. The molecule has 0 aliphatic carbocycles. The Kier molecular flexibility index (Phi) is 5.36. The van der Waals surface area contributed by atoms with E-state index in [1.54, 1.807) is 24.3 Å². The first kappa shape index (κ1) is 15.5. The molecule has 0 saturated heterocycles. The Morgan fingerprint density at radius 3 is 2.21 bits per heavy atom. The lowest BCUT2D eigenvalue weighted by Gasteiger charge is -2.15. The Morgan fingerprint density at radius 1 is 1.16 bits per heavy atom. The minimum atomic E-state index is -0.531. The van der Waals surface area contributed by atoms with Crippen LogP contribution < -0.4 is 4.74 Å². The minimum absolute atomic E-state index is 0.0996. The summed E-state index contributed by atoms with van der Waals surface area (Å²) in [5, 5.41) is 0. The van der Waals surface area contributed by atoms with Gasteiger partial charge >= 0.3 is 5.97 Å². The third-order valence-corrected chi connectivity index (χ3v) is 1.99. The molecule has 0 N–H and O–H groups in total. The molecule has 0 amide bonds. The zero-order valence-corrected chi connectivity index (χ0v) is 12.1. The van der Waals surface area contributed by atoms with E-state index in [-0.39, 0.29) is 11.5 Å². The van der Waals surface area contributed by atoms with Crippen LogP contribution in [0, 0.1) is 12.0 Å². The molecule has 0 fully saturated rings. The molecule has 19 heavy (non-hydrogen) atoms. The van der Waals surface area contributed by atoms with E-state index in [1.807, 2.05) is 34.6 Å². The second kappa shape index (κ2) is 6.57. The number of ether oxygens (including phenoxy) is 1. The van der Waals surface area contributed by atoms with E-state index < -0.39 is 5.97 Å². The van der Waals surface area contributed by atoms with Crippen LogP contribution in [0.1, 0.15) is 45.0 Å². The second-order valence-corrected chi connectivity index (χ2v) is 5.64. The van der Waals surface area contributed by atoms with Gasteiger partial charge in [-0.2, -0.15) is 4.89 Å². The summed E-state index contributed by atoms with van der Waals surface area (Å²) < 4.78 is 5.49. The van der Waals surface area contributed by atoms with E-state index in [4.69, 9.17) is 9.62 Å². The molecule has 4 heteroatoms. The number of carbonyl (C=O) groups is 1. The number of hydrogen-bond acceptors (Lipinski definition) is 4. The third kappa shape index (κ3) is 6.25. The van der Waals surface area contributed by atoms with Gasteiger partial charge in [0.25, 0.3) is 0 Å². The summed E-state index contributed by atoms with van der Waals surface area (Å²) in [6.45, 7) is 11.2. The van der Waals surface area contributed by atoms with Crippen LogP contribution >= 0.6 is 0 Å². The van der Waals surface area contributed by atoms with Crippen LogP contribution in [0.15, 0.2) is 24.3 Å². The van der Waals surface area contributed by atoms with Crippen LogP contribution in [0.25, 0.3) is 0 Å². The van der Waals surface area contributed by atoms with Gasteiger partial charge in [-0.1, -0.05) is 20.8 Å². The molecule has 0 aliphatic heterocycles. The summed E-state index contributed by atoms with van der Waals surface area (Å²) in [7, 11) is 0. The van der Waals surface area contributed by atoms with E-state index in [0.717, 1.165) is 0 Å².